The molecule has 138 valence electrons. The summed E-state index contributed by atoms with van der Waals surface area (Å²) in [5, 5.41) is 14.3. The lowest BCUT2D eigenvalue weighted by Crippen LogP contribution is -2.35. The summed E-state index contributed by atoms with van der Waals surface area (Å²) in [5.74, 6) is -2.58. The number of carboxylic acids is 1. The second-order valence-corrected chi connectivity index (χ2v) is 6.85. The third-order valence-electron chi connectivity index (χ3n) is 3.51. The monoisotopic (exact) mass is 380 g/mol. The molecule has 0 radical (unpaired) electrons. The number of aromatic carboxylic acids is 1. The molecule has 0 aliphatic rings. The van der Waals surface area contributed by atoms with Gasteiger partial charge in [-0.1, -0.05) is 12.1 Å². The maximum absolute atomic E-state index is 12.2. The van der Waals surface area contributed by atoms with Crippen molar-refractivity contribution in [2.24, 2.45) is 10.9 Å². The van der Waals surface area contributed by atoms with E-state index in [1.54, 1.807) is 0 Å². The highest BCUT2D eigenvalue weighted by Gasteiger charge is 2.23. The van der Waals surface area contributed by atoms with Gasteiger partial charge in [0.1, 0.15) is 0 Å². The molecule has 0 saturated heterocycles. The number of carboxylic acid groups (broad SMARTS) is 1. The molecule has 5 N–H and O–H groups in total. The number of hydrogen-bond acceptors (Lipinski definition) is 5. The lowest BCUT2D eigenvalue weighted by molar-refractivity contribution is -0.118. The van der Waals surface area contributed by atoms with Gasteiger partial charge in [0.25, 0.3) is 5.91 Å². The Morgan fingerprint density at radius 2 is 1.73 bits per heavy atom. The van der Waals surface area contributed by atoms with Crippen molar-refractivity contribution in [3.8, 4) is 11.1 Å². The highest BCUT2D eigenvalue weighted by atomic mass is 32.2. The van der Waals surface area contributed by atoms with Gasteiger partial charge in [0.05, 0.1) is 6.54 Å². The van der Waals surface area contributed by atoms with Gasteiger partial charge < -0.3 is 15.7 Å². The molecule has 0 unspecified atom stereocenters. The minimum Gasteiger partial charge on any atom is -0.477 e. The number of nitrogens with two attached hydrogens (primary N) is 2. The topological polar surface area (TPSA) is 166 Å². The van der Waals surface area contributed by atoms with Gasteiger partial charge >= 0.3 is 16.2 Å². The van der Waals surface area contributed by atoms with E-state index in [1.807, 2.05) is 0 Å². The smallest absolute Gasteiger partial charge is 0.354 e. The first kappa shape index (κ1) is 19.1. The van der Waals surface area contributed by atoms with Gasteiger partial charge in [0.15, 0.2) is 5.69 Å². The van der Waals surface area contributed by atoms with Crippen LogP contribution in [0.5, 0.6) is 0 Å². The normalized spacial score (nSPS) is 11.2. The number of nitrogens with zero attached hydrogens (tertiary/aromatic N) is 2. The number of aromatic nitrogens is 1. The molecule has 0 bridgehead atoms. The van der Waals surface area contributed by atoms with E-state index in [2.05, 4.69) is 0 Å². The number of rotatable bonds is 6. The van der Waals surface area contributed by atoms with Crippen LogP contribution in [-0.2, 0) is 15.0 Å². The first-order valence-electron chi connectivity index (χ1n) is 7.14. The van der Waals surface area contributed by atoms with E-state index in [0.717, 1.165) is 11.1 Å². The van der Waals surface area contributed by atoms with E-state index in [-0.39, 0.29) is 17.7 Å². The Balaban J connectivity index is 2.41. The van der Waals surface area contributed by atoms with E-state index in [9.17, 15) is 27.9 Å². The summed E-state index contributed by atoms with van der Waals surface area (Å²) in [4.78, 5) is 35.6. The fraction of sp³-hybridized carbons (Fsp3) is 0.133. The minimum atomic E-state index is -4.28. The Kier molecular flexibility index (Phi) is 5.14. The number of carbonyl (C=O) groups is 3. The molecule has 11 heteroatoms. The minimum absolute atomic E-state index is 0.121. The van der Waals surface area contributed by atoms with E-state index < -0.39 is 33.7 Å². The molecule has 0 aliphatic carbocycles. The fourth-order valence-corrected chi connectivity index (χ4v) is 3.05. The van der Waals surface area contributed by atoms with Crippen LogP contribution in [0, 0.1) is 0 Å². The Morgan fingerprint density at radius 3 is 2.19 bits per heavy atom. The number of likely N-dealkylation sites (N-methyl/N-ethyl adjacent to an activating group) is 1. The van der Waals surface area contributed by atoms with Crippen molar-refractivity contribution in [2.45, 2.75) is 0 Å². The molecular formula is C15H16N4O6S. The van der Waals surface area contributed by atoms with E-state index >= 15 is 0 Å². The Hall–Kier alpha value is -3.18. The van der Waals surface area contributed by atoms with E-state index in [0.29, 0.717) is 9.54 Å². The zero-order chi connectivity index (χ0) is 19.6. The van der Waals surface area contributed by atoms with Crippen molar-refractivity contribution in [1.82, 2.24) is 8.87 Å². The molecule has 0 atom stereocenters. The predicted molar refractivity (Wildman–Crippen MR) is 91.5 cm³/mol. The average Bonchev–Trinajstić information content (AvgIpc) is 2.99. The molecule has 26 heavy (non-hydrogen) atoms. The van der Waals surface area contributed by atoms with Gasteiger partial charge in [0.2, 0.25) is 5.91 Å². The van der Waals surface area contributed by atoms with Crippen molar-refractivity contribution in [3.05, 3.63) is 47.8 Å². The van der Waals surface area contributed by atoms with Crippen LogP contribution < -0.4 is 10.9 Å². The van der Waals surface area contributed by atoms with Gasteiger partial charge in [-0.15, -0.1) is 0 Å². The molecule has 2 rings (SSSR count). The van der Waals surface area contributed by atoms with Crippen LogP contribution in [0.15, 0.2) is 36.5 Å². The number of amides is 2. The highest BCUT2D eigenvalue weighted by molar-refractivity contribution is 7.87. The van der Waals surface area contributed by atoms with Crippen LogP contribution in [0.3, 0.4) is 0 Å². The number of carbonyl (C=O) groups excluding carboxylic acids is 2. The zero-order valence-corrected chi connectivity index (χ0v) is 14.4. The molecule has 0 aliphatic heterocycles. The first-order chi connectivity index (χ1) is 12.0. The molecule has 0 saturated carbocycles. The summed E-state index contributed by atoms with van der Waals surface area (Å²) in [7, 11) is -2.87. The molecule has 0 spiro atoms. The second-order valence-electron chi connectivity index (χ2n) is 5.43. The standard InChI is InChI=1S/C15H16N4O6S/c1-18(8-12(16)20)14(21)10-4-2-9(3-5-10)11-6-7-19(26(17,24)25)13(11)15(22)23/h2-7H,8H2,1H3,(H2,16,20)(H,22,23)(H2,17,24,25). The second kappa shape index (κ2) is 6.98. The molecule has 2 amide bonds. The quantitative estimate of drug-likeness (QED) is 0.609. The maximum atomic E-state index is 12.2. The summed E-state index contributed by atoms with van der Waals surface area (Å²) in [6.07, 6.45) is 1.04. The molecule has 1 aromatic heterocycles. The van der Waals surface area contributed by atoms with Gasteiger partial charge in [-0.05, 0) is 23.8 Å². The van der Waals surface area contributed by atoms with Crippen molar-refractivity contribution in [1.29, 1.82) is 0 Å². The summed E-state index contributed by atoms with van der Waals surface area (Å²) >= 11 is 0. The highest BCUT2D eigenvalue weighted by Crippen LogP contribution is 2.26. The molecule has 10 nitrogen and oxygen atoms in total. The predicted octanol–water partition coefficient (Wildman–Crippen LogP) is -0.538. The third kappa shape index (κ3) is 3.90. The van der Waals surface area contributed by atoms with Gasteiger partial charge in [-0.3, -0.25) is 9.59 Å². The summed E-state index contributed by atoms with van der Waals surface area (Å²) in [5.41, 5.74) is 5.27. The van der Waals surface area contributed by atoms with Crippen LogP contribution in [0.2, 0.25) is 0 Å². The first-order valence-corrected chi connectivity index (χ1v) is 8.65. The SMILES string of the molecule is CN(CC(N)=O)C(=O)c1ccc(-c2ccn(S(N)(=O)=O)c2C(=O)O)cc1. The molecule has 1 heterocycles. The molecular weight excluding hydrogens is 364 g/mol. The van der Waals surface area contributed by atoms with Crippen LogP contribution >= 0.6 is 0 Å². The van der Waals surface area contributed by atoms with Gasteiger partial charge in [0, 0.05) is 24.4 Å². The fourth-order valence-electron chi connectivity index (χ4n) is 2.39. The lowest BCUT2D eigenvalue weighted by atomic mass is 10.0. The Morgan fingerprint density at radius 1 is 1.15 bits per heavy atom. The molecule has 1 aromatic carbocycles. The van der Waals surface area contributed by atoms with Crippen molar-refractivity contribution in [2.75, 3.05) is 13.6 Å². The van der Waals surface area contributed by atoms with E-state index in [1.165, 1.54) is 37.4 Å². The summed E-state index contributed by atoms with van der Waals surface area (Å²) in [6.45, 7) is -0.249. The summed E-state index contributed by atoms with van der Waals surface area (Å²) in [6, 6.07) is 7.06. The van der Waals surface area contributed by atoms with Crippen LogP contribution in [0.25, 0.3) is 11.1 Å². The zero-order valence-electron chi connectivity index (χ0n) is 13.6. The lowest BCUT2D eigenvalue weighted by Gasteiger charge is -2.15. The number of benzene rings is 1. The molecule has 2 aromatic rings. The van der Waals surface area contributed by atoms with Crippen molar-refractivity contribution in [3.63, 3.8) is 0 Å². The summed E-state index contributed by atoms with van der Waals surface area (Å²) < 4.78 is 23.5. The van der Waals surface area contributed by atoms with Crippen molar-refractivity contribution < 1.29 is 27.9 Å². The Labute approximate surface area is 148 Å². The van der Waals surface area contributed by atoms with Gasteiger partial charge in [-0.2, -0.15) is 8.42 Å². The Bertz CT molecular complexity index is 978. The van der Waals surface area contributed by atoms with Crippen LogP contribution in [-0.4, -0.2) is 53.8 Å². The number of primary amides is 1. The third-order valence-corrected chi connectivity index (χ3v) is 4.36. The average molecular weight is 380 g/mol. The van der Waals surface area contributed by atoms with E-state index in [4.69, 9.17) is 10.9 Å². The maximum Gasteiger partial charge on any atom is 0.354 e. The van der Waals surface area contributed by atoms with Crippen LogP contribution in [0.4, 0.5) is 0 Å². The molecule has 0 fully saturated rings. The van der Waals surface area contributed by atoms with Crippen LogP contribution in [0.1, 0.15) is 20.8 Å². The van der Waals surface area contributed by atoms with Crippen molar-refractivity contribution >= 4 is 28.0 Å². The number of hydrogen-bond donors (Lipinski definition) is 3. The van der Waals surface area contributed by atoms with Gasteiger partial charge in [-0.25, -0.2) is 13.9 Å². The largest absolute Gasteiger partial charge is 0.477 e.